The van der Waals surface area contributed by atoms with E-state index in [1.807, 2.05) is 42.5 Å². The fourth-order valence-corrected chi connectivity index (χ4v) is 9.57. The molecule has 0 atom stereocenters. The maximum atomic E-state index is 15.3. The first kappa shape index (κ1) is 55.7. The third-order valence-corrected chi connectivity index (χ3v) is 13.6. The number of aromatic nitrogens is 2. The number of carbonyl (C=O) groups is 3. The minimum absolute atomic E-state index is 0.0496. The zero-order chi connectivity index (χ0) is 56.0. The number of benzene rings is 6. The van der Waals surface area contributed by atoms with Gasteiger partial charge in [0.15, 0.2) is 22.9 Å². The zero-order valence-electron chi connectivity index (χ0n) is 43.9. The number of carboxylic acid groups (broad SMARTS) is 1. The van der Waals surface area contributed by atoms with E-state index >= 15 is 4.39 Å². The number of phenols is 2. The second-order valence-electron chi connectivity index (χ2n) is 19.4. The molecule has 0 fully saturated rings. The number of amides is 2. The highest BCUT2D eigenvalue weighted by molar-refractivity contribution is 6.09. The number of halogens is 1. The molecule has 0 saturated heterocycles. The molecule has 0 bridgehead atoms. The van der Waals surface area contributed by atoms with Crippen LogP contribution >= 0.6 is 0 Å². The Balaban J connectivity index is 0.620. The molecule has 2 aliphatic rings. The van der Waals surface area contributed by atoms with E-state index in [2.05, 4.69) is 10.6 Å². The molecule has 0 saturated carbocycles. The minimum Gasteiger partial charge on any atom is -0.508 e. The van der Waals surface area contributed by atoms with Crippen LogP contribution in [0.4, 0.5) is 4.39 Å². The van der Waals surface area contributed by atoms with Gasteiger partial charge in [-0.15, -0.1) is 0 Å². The lowest BCUT2D eigenvalue weighted by Gasteiger charge is -2.17. The second-order valence-corrected chi connectivity index (χ2v) is 19.4. The van der Waals surface area contributed by atoms with Crippen molar-refractivity contribution in [2.24, 2.45) is 0 Å². The van der Waals surface area contributed by atoms with Crippen LogP contribution in [0.15, 0.2) is 149 Å². The molecular weight excluding hydrogens is 1020 g/mol. The van der Waals surface area contributed by atoms with Gasteiger partial charge in [0, 0.05) is 83.9 Å². The Labute approximate surface area is 460 Å². The Bertz CT molecular complexity index is 3660. The number of rotatable bonds is 27. The van der Waals surface area contributed by atoms with Crippen LogP contribution in [0.3, 0.4) is 0 Å². The summed E-state index contributed by atoms with van der Waals surface area (Å²) in [4.78, 5) is 55.1. The molecule has 5 aromatic carbocycles. The molecule has 0 spiro atoms. The van der Waals surface area contributed by atoms with Crippen molar-refractivity contribution in [1.29, 1.82) is 0 Å². The van der Waals surface area contributed by atoms with Crippen molar-refractivity contribution in [3.8, 4) is 56.8 Å². The number of nitrogens with one attached hydrogen (secondary N) is 2. The molecule has 9 rings (SSSR count). The summed E-state index contributed by atoms with van der Waals surface area (Å²) in [6.45, 7) is 2.02. The molecule has 6 N–H and O–H groups in total. The summed E-state index contributed by atoms with van der Waals surface area (Å²) >= 11 is 0. The molecule has 7 aromatic rings. The van der Waals surface area contributed by atoms with Crippen molar-refractivity contribution < 1.29 is 57.8 Å². The number of fused-ring (bicyclic) bond motifs is 3. The van der Waals surface area contributed by atoms with Gasteiger partial charge in [0.25, 0.3) is 5.91 Å². The number of nitrogens with zero attached hydrogens (tertiary/aromatic N) is 2. The second kappa shape index (κ2) is 26.5. The Morgan fingerprint density at radius 1 is 0.662 bits per heavy atom. The monoisotopic (exact) mass is 1080 g/mol. The summed E-state index contributed by atoms with van der Waals surface area (Å²) in [5.41, 5.74) is 6.50. The van der Waals surface area contributed by atoms with E-state index < -0.39 is 17.7 Å². The van der Waals surface area contributed by atoms with Gasteiger partial charge >= 0.3 is 5.97 Å². The first-order valence-corrected chi connectivity index (χ1v) is 26.6. The summed E-state index contributed by atoms with van der Waals surface area (Å²) in [5.74, 6) is -1.75. The van der Waals surface area contributed by atoms with Gasteiger partial charge in [0.1, 0.15) is 22.8 Å². The lowest BCUT2D eigenvalue weighted by molar-refractivity contribution is -0.122. The number of hydrogen-bond acceptors (Lipinski definition) is 12. The van der Waals surface area contributed by atoms with E-state index in [-0.39, 0.29) is 102 Å². The first-order chi connectivity index (χ1) is 38.9. The smallest absolute Gasteiger partial charge is 0.336 e. The molecule has 412 valence electrons. The van der Waals surface area contributed by atoms with Crippen LogP contribution in [0.1, 0.15) is 88.0 Å². The van der Waals surface area contributed by atoms with Gasteiger partial charge in [-0.05, 0) is 114 Å². The standard InChI is InChI=1S/C63H61FN4O12/c64-52-33-41(32-44-36-55-53(34-40-10-6-5-7-11-40)67-54(39-68(55)62(44)74)42-13-16-45(69)17-14-42)12-23-56(52)79-27-9-4-2-1-3-8-25-65-59(72)24-28-77-30-31-78-29-26-66-61(73)43-15-20-48(63(75)76)51(35-43)60-49-21-18-46(70)37-57(49)80-58-38-47(71)19-22-50(58)60/h5-7,10-23,33,35-39,69-70,74H,1-4,8-9,24-32,34H2,(H,65,72)(H,66,73)(H,75,76). The molecule has 17 heteroatoms. The number of aromatic carboxylic acids is 1. The first-order valence-electron chi connectivity index (χ1n) is 26.6. The van der Waals surface area contributed by atoms with Gasteiger partial charge < -0.3 is 49.7 Å². The molecular formula is C63H61FN4O12. The van der Waals surface area contributed by atoms with Crippen LogP contribution in [0.5, 0.6) is 23.1 Å². The Morgan fingerprint density at radius 3 is 2.21 bits per heavy atom. The summed E-state index contributed by atoms with van der Waals surface area (Å²) in [5, 5.41) is 47.7. The highest BCUT2D eigenvalue weighted by atomic mass is 19.1. The van der Waals surface area contributed by atoms with Crippen molar-refractivity contribution in [2.45, 2.75) is 57.8 Å². The Hall–Kier alpha value is -9.06. The van der Waals surface area contributed by atoms with Crippen molar-refractivity contribution in [3.63, 3.8) is 0 Å². The number of unbranched alkanes of at least 4 members (excludes halogenated alkanes) is 5. The van der Waals surface area contributed by atoms with Crippen LogP contribution in [-0.2, 0) is 27.1 Å². The topological polar surface area (TPSA) is 231 Å². The van der Waals surface area contributed by atoms with Gasteiger partial charge in [-0.2, -0.15) is 0 Å². The number of phenolic OH excluding ortho intramolecular Hbond substituents is 2. The Kier molecular flexibility index (Phi) is 18.5. The van der Waals surface area contributed by atoms with E-state index in [4.69, 9.17) is 23.6 Å². The van der Waals surface area contributed by atoms with Crippen molar-refractivity contribution in [1.82, 2.24) is 20.0 Å². The summed E-state index contributed by atoms with van der Waals surface area (Å²) in [6, 6.07) is 36.3. The van der Waals surface area contributed by atoms with E-state index in [0.717, 1.165) is 60.9 Å². The normalized spacial score (nSPS) is 11.4. The fraction of sp³-hybridized carbons (Fsp3) is 0.254. The van der Waals surface area contributed by atoms with Crippen LogP contribution in [0.2, 0.25) is 0 Å². The molecule has 0 radical (unpaired) electrons. The summed E-state index contributed by atoms with van der Waals surface area (Å²) in [6.07, 6.45) is 8.30. The van der Waals surface area contributed by atoms with Gasteiger partial charge in [0.2, 0.25) is 5.91 Å². The molecule has 80 heavy (non-hydrogen) atoms. The molecule has 0 unspecified atom stereocenters. The van der Waals surface area contributed by atoms with E-state index in [0.29, 0.717) is 59.3 Å². The lowest BCUT2D eigenvalue weighted by Crippen LogP contribution is -2.28. The van der Waals surface area contributed by atoms with Crippen molar-refractivity contribution in [3.05, 3.63) is 189 Å². The van der Waals surface area contributed by atoms with Crippen molar-refractivity contribution >= 4 is 34.3 Å². The van der Waals surface area contributed by atoms with E-state index in [1.54, 1.807) is 47.0 Å². The molecule has 1 aliphatic heterocycles. The maximum Gasteiger partial charge on any atom is 0.336 e. The largest absolute Gasteiger partial charge is 0.508 e. The van der Waals surface area contributed by atoms with Crippen LogP contribution < -0.4 is 20.8 Å². The highest BCUT2D eigenvalue weighted by Gasteiger charge is 2.24. The van der Waals surface area contributed by atoms with Gasteiger partial charge in [-0.3, -0.25) is 18.8 Å². The third-order valence-electron chi connectivity index (χ3n) is 13.6. The van der Waals surface area contributed by atoms with Crippen LogP contribution in [0.25, 0.3) is 50.2 Å². The number of carboxylic acids is 1. The lowest BCUT2D eigenvalue weighted by atomic mass is 9.89. The summed E-state index contributed by atoms with van der Waals surface area (Å²) in [7, 11) is 0. The Morgan fingerprint density at radius 2 is 1.43 bits per heavy atom. The molecule has 16 nitrogen and oxygen atoms in total. The maximum absolute atomic E-state index is 15.3. The number of aromatic hydroxyl groups is 3. The van der Waals surface area contributed by atoms with Gasteiger partial charge in [-0.1, -0.05) is 62.1 Å². The average molecular weight is 1090 g/mol. The minimum atomic E-state index is -1.22. The molecule has 2 amide bonds. The quantitative estimate of drug-likeness (QED) is 0.0208. The molecule has 3 heterocycles. The highest BCUT2D eigenvalue weighted by Crippen LogP contribution is 2.42. The SMILES string of the molecule is O=C(CCOCCOCCNC(=O)c1ccc(C(=O)O)c(-c2c3ccc(=O)cc-3oc3cc(O)ccc23)c1)NCCCCCCCCOc1ccc(Cc2cc3c(Cc4ccccc4)nc(-c4ccc(O)cc4)cn3c2O)cc1F. The third kappa shape index (κ3) is 14.2. The van der Waals surface area contributed by atoms with Gasteiger partial charge in [-0.25, -0.2) is 14.2 Å². The predicted molar refractivity (Wildman–Crippen MR) is 300 cm³/mol. The predicted octanol–water partition coefficient (Wildman–Crippen LogP) is 10.7. The number of ether oxygens (including phenoxy) is 3. The van der Waals surface area contributed by atoms with E-state index in [1.165, 1.54) is 54.6 Å². The average Bonchev–Trinajstić information content (AvgIpc) is 3.63. The molecule has 2 aromatic heterocycles. The zero-order valence-corrected chi connectivity index (χ0v) is 43.9. The number of hydrogen-bond donors (Lipinski definition) is 6. The number of carbonyl (C=O) groups excluding carboxylic acids is 2. The van der Waals surface area contributed by atoms with Gasteiger partial charge in [0.05, 0.1) is 55.5 Å². The van der Waals surface area contributed by atoms with Crippen LogP contribution in [-0.4, -0.2) is 93.7 Å². The van der Waals surface area contributed by atoms with E-state index in [9.17, 15) is 39.6 Å². The van der Waals surface area contributed by atoms with Crippen LogP contribution in [0, 0.1) is 5.82 Å². The molecule has 1 aliphatic carbocycles. The van der Waals surface area contributed by atoms with Crippen molar-refractivity contribution in [2.75, 3.05) is 46.1 Å². The summed E-state index contributed by atoms with van der Waals surface area (Å²) < 4.78 is 39.9. The fourth-order valence-electron chi connectivity index (χ4n) is 9.57.